The van der Waals surface area contributed by atoms with E-state index in [0.717, 1.165) is 29.0 Å². The predicted molar refractivity (Wildman–Crippen MR) is 78.3 cm³/mol. The van der Waals surface area contributed by atoms with Crippen molar-refractivity contribution in [2.24, 2.45) is 0 Å². The number of methoxy groups -OCH3 is 2. The average molecular weight is 277 g/mol. The van der Waals surface area contributed by atoms with E-state index < -0.39 is 0 Å². The minimum absolute atomic E-state index is 0.105. The summed E-state index contributed by atoms with van der Waals surface area (Å²) in [5.74, 6) is 1.69. The maximum Gasteiger partial charge on any atom is 0.122 e. The molecule has 2 aromatic rings. The zero-order valence-electron chi connectivity index (χ0n) is 11.1. The molecule has 19 heavy (non-hydrogen) atoms. The normalized spacial score (nSPS) is 11.9. The number of hydrogen-bond donors (Lipinski definition) is 0. The highest BCUT2D eigenvalue weighted by Gasteiger charge is 2.12. The smallest absolute Gasteiger partial charge is 0.122 e. The van der Waals surface area contributed by atoms with Crippen LogP contribution in [0.2, 0.25) is 0 Å². The summed E-state index contributed by atoms with van der Waals surface area (Å²) in [6.45, 7) is 0. The van der Waals surface area contributed by atoms with Crippen molar-refractivity contribution in [2.45, 2.75) is 11.8 Å². The van der Waals surface area contributed by atoms with Crippen LogP contribution in [0, 0.1) is 0 Å². The molecule has 0 radical (unpaired) electrons. The minimum atomic E-state index is -0.105. The van der Waals surface area contributed by atoms with Gasteiger partial charge in [0.25, 0.3) is 0 Å². The van der Waals surface area contributed by atoms with Gasteiger partial charge in [-0.3, -0.25) is 0 Å². The van der Waals surface area contributed by atoms with Crippen molar-refractivity contribution < 1.29 is 9.47 Å². The van der Waals surface area contributed by atoms with E-state index in [1.54, 1.807) is 14.2 Å². The minimum Gasteiger partial charge on any atom is -0.497 e. The molecule has 0 N–H and O–H groups in total. The summed E-state index contributed by atoms with van der Waals surface area (Å²) < 4.78 is 10.6. The van der Waals surface area contributed by atoms with Gasteiger partial charge in [-0.1, -0.05) is 30.3 Å². The number of ether oxygens (including phenoxy) is 2. The van der Waals surface area contributed by atoms with Gasteiger partial charge in [-0.2, -0.15) is 0 Å². The second-order valence-corrected chi connectivity index (χ2v) is 4.79. The van der Waals surface area contributed by atoms with Crippen molar-refractivity contribution in [3.8, 4) is 11.5 Å². The van der Waals surface area contributed by atoms with Gasteiger partial charge in [0.1, 0.15) is 11.5 Å². The van der Waals surface area contributed by atoms with E-state index in [1.807, 2.05) is 48.5 Å². The van der Waals surface area contributed by atoms with Gasteiger partial charge in [-0.15, -0.1) is 11.6 Å². The fraction of sp³-hybridized carbons (Fsp3) is 0.250. The van der Waals surface area contributed by atoms with Gasteiger partial charge in [0.05, 0.1) is 19.6 Å². The van der Waals surface area contributed by atoms with Crippen LogP contribution < -0.4 is 9.47 Å². The fourth-order valence-electron chi connectivity index (χ4n) is 2.02. The third-order valence-electron chi connectivity index (χ3n) is 3.05. The van der Waals surface area contributed by atoms with Crippen molar-refractivity contribution in [3.05, 3.63) is 59.7 Å². The van der Waals surface area contributed by atoms with Crippen LogP contribution in [0.15, 0.2) is 48.5 Å². The van der Waals surface area contributed by atoms with Crippen LogP contribution >= 0.6 is 11.6 Å². The molecule has 1 unspecified atom stereocenters. The first-order valence-corrected chi connectivity index (χ1v) is 6.58. The molecule has 0 aliphatic heterocycles. The molecule has 0 bridgehead atoms. The average Bonchev–Trinajstić information content (AvgIpc) is 2.47. The highest BCUT2D eigenvalue weighted by Crippen LogP contribution is 2.30. The number of para-hydroxylation sites is 1. The Kier molecular flexibility index (Phi) is 4.69. The van der Waals surface area contributed by atoms with Gasteiger partial charge in [0.2, 0.25) is 0 Å². The quantitative estimate of drug-likeness (QED) is 0.761. The number of rotatable bonds is 5. The largest absolute Gasteiger partial charge is 0.497 e. The molecule has 0 saturated carbocycles. The molecule has 1 atom stereocenters. The first kappa shape index (κ1) is 13.8. The monoisotopic (exact) mass is 276 g/mol. The number of halogens is 1. The zero-order valence-corrected chi connectivity index (χ0v) is 11.9. The van der Waals surface area contributed by atoms with Gasteiger partial charge in [0.15, 0.2) is 0 Å². The topological polar surface area (TPSA) is 18.5 Å². The standard InChI is InChI=1S/C16H17ClO2/c1-18-14-8-5-7-12(10-14)15(17)11-13-6-3-4-9-16(13)19-2/h3-10,15H,11H2,1-2H3. The van der Waals surface area contributed by atoms with E-state index in [2.05, 4.69) is 0 Å². The molecule has 0 aliphatic rings. The second kappa shape index (κ2) is 6.48. The predicted octanol–water partition coefficient (Wildman–Crippen LogP) is 4.23. The molecule has 2 rings (SSSR count). The van der Waals surface area contributed by atoms with Crippen molar-refractivity contribution in [2.75, 3.05) is 14.2 Å². The first-order chi connectivity index (χ1) is 9.24. The van der Waals surface area contributed by atoms with Crippen LogP contribution in [0.1, 0.15) is 16.5 Å². The molecular formula is C16H17ClO2. The van der Waals surface area contributed by atoms with E-state index in [9.17, 15) is 0 Å². The van der Waals surface area contributed by atoms with Crippen LogP contribution in [0.25, 0.3) is 0 Å². The van der Waals surface area contributed by atoms with Gasteiger partial charge < -0.3 is 9.47 Å². The van der Waals surface area contributed by atoms with Gasteiger partial charge in [-0.05, 0) is 35.7 Å². The third kappa shape index (κ3) is 3.42. The maximum atomic E-state index is 6.49. The lowest BCUT2D eigenvalue weighted by Crippen LogP contribution is -1.99. The highest BCUT2D eigenvalue weighted by atomic mass is 35.5. The Morgan fingerprint density at radius 3 is 2.53 bits per heavy atom. The summed E-state index contributed by atoms with van der Waals surface area (Å²) in [6.07, 6.45) is 0.721. The Balaban J connectivity index is 2.18. The van der Waals surface area contributed by atoms with Gasteiger partial charge >= 0.3 is 0 Å². The lowest BCUT2D eigenvalue weighted by molar-refractivity contribution is 0.409. The third-order valence-corrected chi connectivity index (χ3v) is 3.45. The SMILES string of the molecule is COc1cccc(C(Cl)Cc2ccccc2OC)c1. The maximum absolute atomic E-state index is 6.49. The molecule has 0 amide bonds. The fourth-order valence-corrected chi connectivity index (χ4v) is 2.32. The molecule has 2 aromatic carbocycles. The summed E-state index contributed by atoms with van der Waals surface area (Å²) in [5.41, 5.74) is 2.15. The Morgan fingerprint density at radius 2 is 1.79 bits per heavy atom. The van der Waals surface area contributed by atoms with Crippen LogP contribution in [0.5, 0.6) is 11.5 Å². The zero-order chi connectivity index (χ0) is 13.7. The molecule has 2 nitrogen and oxygen atoms in total. The van der Waals surface area contributed by atoms with Crippen LogP contribution in [0.4, 0.5) is 0 Å². The number of hydrogen-bond acceptors (Lipinski definition) is 2. The molecule has 3 heteroatoms. The summed E-state index contributed by atoms with van der Waals surface area (Å²) in [5, 5.41) is -0.105. The van der Waals surface area contributed by atoms with Crippen molar-refractivity contribution >= 4 is 11.6 Å². The molecule has 0 aromatic heterocycles. The van der Waals surface area contributed by atoms with Gasteiger partial charge in [0, 0.05) is 0 Å². The van der Waals surface area contributed by atoms with Gasteiger partial charge in [-0.25, -0.2) is 0 Å². The van der Waals surface area contributed by atoms with E-state index in [4.69, 9.17) is 21.1 Å². The lowest BCUT2D eigenvalue weighted by atomic mass is 10.0. The van der Waals surface area contributed by atoms with Crippen LogP contribution in [-0.2, 0) is 6.42 Å². The van der Waals surface area contributed by atoms with Crippen LogP contribution in [0.3, 0.4) is 0 Å². The molecule has 0 fully saturated rings. The Morgan fingerprint density at radius 1 is 1.00 bits per heavy atom. The number of alkyl halides is 1. The van der Waals surface area contributed by atoms with E-state index >= 15 is 0 Å². The van der Waals surface area contributed by atoms with Crippen LogP contribution in [-0.4, -0.2) is 14.2 Å². The Bertz CT molecular complexity index is 540. The molecule has 0 aliphatic carbocycles. The molecule has 100 valence electrons. The van der Waals surface area contributed by atoms with E-state index in [1.165, 1.54) is 0 Å². The Hall–Kier alpha value is -1.67. The highest BCUT2D eigenvalue weighted by molar-refractivity contribution is 6.21. The molecule has 0 saturated heterocycles. The lowest BCUT2D eigenvalue weighted by Gasteiger charge is -2.13. The van der Waals surface area contributed by atoms with E-state index in [-0.39, 0.29) is 5.38 Å². The summed E-state index contributed by atoms with van der Waals surface area (Å²) in [6, 6.07) is 15.8. The number of benzene rings is 2. The molecular weight excluding hydrogens is 260 g/mol. The summed E-state index contributed by atoms with van der Waals surface area (Å²) in [7, 11) is 3.33. The summed E-state index contributed by atoms with van der Waals surface area (Å²) >= 11 is 6.49. The van der Waals surface area contributed by atoms with Crippen molar-refractivity contribution in [1.82, 2.24) is 0 Å². The van der Waals surface area contributed by atoms with Crippen molar-refractivity contribution in [1.29, 1.82) is 0 Å². The van der Waals surface area contributed by atoms with Crippen molar-refractivity contribution in [3.63, 3.8) is 0 Å². The Labute approximate surface area is 118 Å². The molecule has 0 spiro atoms. The first-order valence-electron chi connectivity index (χ1n) is 6.14. The molecule has 0 heterocycles. The van der Waals surface area contributed by atoms with E-state index in [0.29, 0.717) is 0 Å². The second-order valence-electron chi connectivity index (χ2n) is 4.26. The summed E-state index contributed by atoms with van der Waals surface area (Å²) in [4.78, 5) is 0.